The molecule has 2 amide bonds. The van der Waals surface area contributed by atoms with Gasteiger partial charge in [0.05, 0.1) is 17.5 Å². The minimum atomic E-state index is -0.295. The molecule has 0 radical (unpaired) electrons. The number of fused-ring (bicyclic) bond motifs is 5. The molecule has 32 heavy (non-hydrogen) atoms. The predicted octanol–water partition coefficient (Wildman–Crippen LogP) is 4.85. The Morgan fingerprint density at radius 3 is 2.22 bits per heavy atom. The van der Waals surface area contributed by atoms with E-state index in [4.69, 9.17) is 4.74 Å². The molecular weight excluding hydrogens is 538 g/mol. The number of rotatable bonds is 5. The van der Waals surface area contributed by atoms with Crippen LogP contribution >= 0.6 is 31.9 Å². The Morgan fingerprint density at radius 1 is 0.969 bits per heavy atom. The first kappa shape index (κ1) is 21.8. The van der Waals surface area contributed by atoms with Crippen molar-refractivity contribution in [2.45, 2.75) is 29.9 Å². The molecule has 5 nitrogen and oxygen atoms in total. The van der Waals surface area contributed by atoms with Crippen LogP contribution in [0.1, 0.15) is 27.9 Å². The summed E-state index contributed by atoms with van der Waals surface area (Å²) in [6.07, 6.45) is 0.884. The molecule has 1 aliphatic heterocycles. The van der Waals surface area contributed by atoms with Gasteiger partial charge in [-0.15, -0.1) is 0 Å². The number of ketones is 1. The molecule has 5 rings (SSSR count). The number of amides is 2. The number of hydrogen-bond acceptors (Lipinski definition) is 4. The average molecular weight is 561 g/mol. The number of hydrogen-bond donors (Lipinski definition) is 0. The highest BCUT2D eigenvalue weighted by Crippen LogP contribution is 2.60. The van der Waals surface area contributed by atoms with Crippen LogP contribution in [0, 0.1) is 37.5 Å². The van der Waals surface area contributed by atoms with Gasteiger partial charge in [0.2, 0.25) is 11.8 Å². The first-order valence-corrected chi connectivity index (χ1v) is 12.6. The number of para-hydroxylation sites is 2. The smallest absolute Gasteiger partial charge is 0.238 e. The summed E-state index contributed by atoms with van der Waals surface area (Å²) in [6.45, 7) is 3.80. The number of alkyl halides is 2. The van der Waals surface area contributed by atoms with Gasteiger partial charge in [-0.2, -0.15) is 0 Å². The van der Waals surface area contributed by atoms with Gasteiger partial charge in [-0.05, 0) is 61.4 Å². The minimum absolute atomic E-state index is 0.148. The van der Waals surface area contributed by atoms with E-state index in [1.54, 1.807) is 30.3 Å². The highest BCUT2D eigenvalue weighted by atomic mass is 79.9. The normalized spacial score (nSPS) is 30.7. The van der Waals surface area contributed by atoms with Crippen molar-refractivity contribution in [3.63, 3.8) is 0 Å². The van der Waals surface area contributed by atoms with Gasteiger partial charge < -0.3 is 4.74 Å². The van der Waals surface area contributed by atoms with Crippen LogP contribution in [0.15, 0.2) is 42.5 Å². The largest absolute Gasteiger partial charge is 0.483 e. The summed E-state index contributed by atoms with van der Waals surface area (Å²) in [7, 11) is 0. The highest BCUT2D eigenvalue weighted by Gasteiger charge is 2.66. The predicted molar refractivity (Wildman–Crippen MR) is 129 cm³/mol. The van der Waals surface area contributed by atoms with E-state index in [2.05, 4.69) is 31.9 Å². The quantitative estimate of drug-likeness (QED) is 0.298. The SMILES string of the molecule is Cc1ccc(C(=O)COc2ccccc2N2C(=O)[C@@H]3[C@H]4C[C@@H]([C@H](Br)[C@H]4Br)[C@@H]3C2=O)cc1C. The molecule has 2 aromatic rings. The summed E-state index contributed by atoms with van der Waals surface area (Å²) < 4.78 is 5.85. The third-order valence-corrected chi connectivity index (χ3v) is 10.5. The van der Waals surface area contributed by atoms with Crippen molar-refractivity contribution in [3.8, 4) is 5.75 Å². The third kappa shape index (κ3) is 3.27. The lowest BCUT2D eigenvalue weighted by molar-refractivity contribution is -0.123. The average Bonchev–Trinajstić information content (AvgIpc) is 3.39. The second-order valence-electron chi connectivity index (χ2n) is 8.99. The van der Waals surface area contributed by atoms with Crippen molar-refractivity contribution in [2.24, 2.45) is 23.7 Å². The van der Waals surface area contributed by atoms with Crippen molar-refractivity contribution in [1.29, 1.82) is 0 Å². The molecule has 2 saturated carbocycles. The number of imide groups is 1. The Bertz CT molecular complexity index is 1100. The number of carbonyl (C=O) groups is 3. The zero-order valence-electron chi connectivity index (χ0n) is 17.8. The maximum atomic E-state index is 13.4. The number of benzene rings is 2. The van der Waals surface area contributed by atoms with Crippen molar-refractivity contribution in [3.05, 3.63) is 59.2 Å². The molecule has 0 aromatic heterocycles. The lowest BCUT2D eigenvalue weighted by atomic mass is 9.81. The molecule has 7 heteroatoms. The monoisotopic (exact) mass is 559 g/mol. The zero-order valence-corrected chi connectivity index (χ0v) is 20.9. The van der Waals surface area contributed by atoms with Gasteiger partial charge in [0.15, 0.2) is 12.4 Å². The fraction of sp³-hybridized carbons (Fsp3) is 0.400. The second kappa shape index (κ2) is 8.10. The lowest BCUT2D eigenvalue weighted by Crippen LogP contribution is -2.37. The van der Waals surface area contributed by atoms with Crippen LogP contribution < -0.4 is 9.64 Å². The van der Waals surface area contributed by atoms with Crippen LogP contribution in [0.2, 0.25) is 0 Å². The van der Waals surface area contributed by atoms with E-state index in [0.29, 0.717) is 17.0 Å². The van der Waals surface area contributed by atoms with E-state index in [9.17, 15) is 14.4 Å². The molecule has 166 valence electrons. The van der Waals surface area contributed by atoms with Crippen molar-refractivity contribution < 1.29 is 19.1 Å². The Balaban J connectivity index is 1.38. The van der Waals surface area contributed by atoms with Gasteiger partial charge >= 0.3 is 0 Å². The van der Waals surface area contributed by atoms with Crippen LogP contribution in [-0.2, 0) is 9.59 Å². The van der Waals surface area contributed by atoms with E-state index in [0.717, 1.165) is 17.5 Å². The molecule has 3 aliphatic rings. The molecule has 3 fully saturated rings. The Kier molecular flexibility index (Phi) is 5.53. The van der Waals surface area contributed by atoms with Crippen LogP contribution in [0.3, 0.4) is 0 Å². The number of halogens is 2. The summed E-state index contributed by atoms with van der Waals surface area (Å²) in [6, 6.07) is 12.5. The number of Topliss-reactive ketones (excluding diaryl/α,β-unsaturated/α-hetero) is 1. The first-order chi connectivity index (χ1) is 15.3. The minimum Gasteiger partial charge on any atom is -0.483 e. The summed E-state index contributed by atoms with van der Waals surface area (Å²) in [5.41, 5.74) is 3.16. The summed E-state index contributed by atoms with van der Waals surface area (Å²) in [5, 5.41) is 0. The standard InChI is InChI=1S/C25H23Br2NO4/c1-12-7-8-14(9-13(12)2)18(29)11-32-19-6-4-3-5-17(19)28-24(30)20-15-10-16(21(20)25(28)31)23(27)22(15)26/h3-9,15-16,20-23H,10-11H2,1-2H3/t15-,16-,20-,21+,22+,23+/m1/s1. The van der Waals surface area contributed by atoms with Gasteiger partial charge in [-0.3, -0.25) is 14.4 Å². The van der Waals surface area contributed by atoms with E-state index in [1.165, 1.54) is 4.90 Å². The van der Waals surface area contributed by atoms with Crippen LogP contribution in [0.25, 0.3) is 0 Å². The van der Waals surface area contributed by atoms with Crippen molar-refractivity contribution in [1.82, 2.24) is 0 Å². The Morgan fingerprint density at radius 2 is 1.59 bits per heavy atom. The van der Waals surface area contributed by atoms with Gasteiger partial charge in [-0.25, -0.2) is 4.90 Å². The van der Waals surface area contributed by atoms with Gasteiger partial charge in [0.1, 0.15) is 5.75 Å². The van der Waals surface area contributed by atoms with Crippen molar-refractivity contribution >= 4 is 55.1 Å². The summed E-state index contributed by atoms with van der Waals surface area (Å²) >= 11 is 7.43. The summed E-state index contributed by atoms with van der Waals surface area (Å²) in [4.78, 5) is 41.1. The van der Waals surface area contributed by atoms with Crippen LogP contribution in [-0.4, -0.2) is 33.9 Å². The maximum absolute atomic E-state index is 13.4. The number of anilines is 1. The lowest BCUT2D eigenvalue weighted by Gasteiger charge is -2.28. The molecule has 0 unspecified atom stereocenters. The molecule has 1 heterocycles. The van der Waals surface area contributed by atoms with E-state index < -0.39 is 0 Å². The molecule has 2 aliphatic carbocycles. The summed E-state index contributed by atoms with van der Waals surface area (Å²) in [5.74, 6) is -0.399. The van der Waals surface area contributed by atoms with E-state index in [-0.39, 0.29) is 57.5 Å². The van der Waals surface area contributed by atoms with Gasteiger partial charge in [0, 0.05) is 15.2 Å². The highest BCUT2D eigenvalue weighted by molar-refractivity contribution is 9.12. The molecule has 0 spiro atoms. The molecule has 1 saturated heterocycles. The fourth-order valence-corrected chi connectivity index (χ4v) is 7.37. The fourth-order valence-electron chi connectivity index (χ4n) is 5.49. The maximum Gasteiger partial charge on any atom is 0.238 e. The molecule has 0 N–H and O–H groups in total. The van der Waals surface area contributed by atoms with Crippen LogP contribution in [0.5, 0.6) is 5.75 Å². The van der Waals surface area contributed by atoms with Crippen LogP contribution in [0.4, 0.5) is 5.69 Å². The molecule has 2 bridgehead atoms. The zero-order chi connectivity index (χ0) is 22.7. The molecular formula is C25H23Br2NO4. The van der Waals surface area contributed by atoms with Gasteiger partial charge in [0.25, 0.3) is 0 Å². The number of nitrogens with zero attached hydrogens (tertiary/aromatic N) is 1. The third-order valence-electron chi connectivity index (χ3n) is 7.28. The second-order valence-corrected chi connectivity index (χ2v) is 11.1. The number of carbonyl (C=O) groups excluding carboxylic acids is 3. The molecule has 6 atom stereocenters. The van der Waals surface area contributed by atoms with Crippen molar-refractivity contribution in [2.75, 3.05) is 11.5 Å². The van der Waals surface area contributed by atoms with Gasteiger partial charge in [-0.1, -0.05) is 56.1 Å². The Labute approximate surface area is 203 Å². The number of ether oxygens (including phenoxy) is 1. The molecule has 2 aromatic carbocycles. The van der Waals surface area contributed by atoms with E-state index >= 15 is 0 Å². The van der Waals surface area contributed by atoms with E-state index in [1.807, 2.05) is 26.0 Å². The first-order valence-electron chi connectivity index (χ1n) is 10.8. The Hall–Kier alpha value is -1.99. The topological polar surface area (TPSA) is 63.7 Å². The number of aryl methyl sites for hydroxylation is 2.